The molecule has 0 aromatic carbocycles. The first kappa shape index (κ1) is 20.1. The average molecular weight is 412 g/mol. The third kappa shape index (κ3) is 3.50. The summed E-state index contributed by atoms with van der Waals surface area (Å²) in [5.74, 6) is 5.88. The lowest BCUT2D eigenvalue weighted by Crippen LogP contribution is -2.49. The first-order chi connectivity index (χ1) is 14.1. The van der Waals surface area contributed by atoms with Crippen LogP contribution in [0.25, 0.3) is 0 Å². The Kier molecular flexibility index (Phi) is 5.56. The molecule has 1 heterocycles. The van der Waals surface area contributed by atoms with Gasteiger partial charge in [0.2, 0.25) is 0 Å². The fourth-order valence-electron chi connectivity index (χ4n) is 8.29. The van der Waals surface area contributed by atoms with Crippen LogP contribution in [0.3, 0.4) is 0 Å². The molecule has 4 fully saturated rings. The Morgan fingerprint density at radius 2 is 1.93 bits per heavy atom. The summed E-state index contributed by atoms with van der Waals surface area (Å²) in [6.07, 6.45) is 15.6. The molecule has 1 aromatic rings. The molecule has 8 atom stereocenters. The summed E-state index contributed by atoms with van der Waals surface area (Å²) in [5.41, 5.74) is 0.230. The van der Waals surface area contributed by atoms with E-state index in [0.29, 0.717) is 5.12 Å². The average Bonchev–Trinajstić information content (AvgIpc) is 3.11. The van der Waals surface area contributed by atoms with Crippen LogP contribution >= 0.6 is 11.8 Å². The number of aromatic nitrogens is 1. The van der Waals surface area contributed by atoms with Gasteiger partial charge in [0.15, 0.2) is 5.12 Å². The van der Waals surface area contributed by atoms with Gasteiger partial charge < -0.3 is 0 Å². The van der Waals surface area contributed by atoms with E-state index in [4.69, 9.17) is 0 Å². The molecule has 5 rings (SSSR count). The molecule has 1 aromatic heterocycles. The molecular weight excluding hydrogens is 374 g/mol. The summed E-state index contributed by atoms with van der Waals surface area (Å²) in [6, 6.07) is 5.88. The molecule has 0 amide bonds. The van der Waals surface area contributed by atoms with E-state index in [9.17, 15) is 4.79 Å². The Hall–Kier alpha value is -0.830. The number of nitrogens with zero attached hydrogens (tertiary/aromatic N) is 1. The highest BCUT2D eigenvalue weighted by atomic mass is 32.2. The third-order valence-electron chi connectivity index (χ3n) is 9.77. The van der Waals surface area contributed by atoms with Crippen molar-refractivity contribution in [3.63, 3.8) is 0 Å². The Balaban J connectivity index is 1.30. The largest absolute Gasteiger partial charge is 0.286 e. The van der Waals surface area contributed by atoms with Crippen molar-refractivity contribution >= 4 is 16.9 Å². The van der Waals surface area contributed by atoms with E-state index in [2.05, 4.69) is 18.8 Å². The zero-order chi connectivity index (χ0) is 20.0. The standard InChI is InChI=1S/C26H37NOS/c1-3-17-7-9-19-18(16-17)8-10-21-20(19)13-14-26(2)22(21)11-12-23(26)25(28)29-24-6-4-5-15-27-24/h4-6,15,17-23H,3,7-14,16H2,1-2H3. The second kappa shape index (κ2) is 8.02. The minimum absolute atomic E-state index is 0.230. The van der Waals surface area contributed by atoms with Gasteiger partial charge in [-0.3, -0.25) is 4.79 Å². The predicted octanol–water partition coefficient (Wildman–Crippen LogP) is 7.00. The van der Waals surface area contributed by atoms with Crippen LogP contribution in [0.1, 0.15) is 78.1 Å². The smallest absolute Gasteiger partial charge is 0.198 e. The van der Waals surface area contributed by atoms with Gasteiger partial charge in [-0.2, -0.15) is 0 Å². The fraction of sp³-hybridized carbons (Fsp3) is 0.769. The molecule has 0 bridgehead atoms. The lowest BCUT2D eigenvalue weighted by molar-refractivity contribution is -0.122. The van der Waals surface area contributed by atoms with Gasteiger partial charge in [-0.25, -0.2) is 4.98 Å². The number of hydrogen-bond acceptors (Lipinski definition) is 3. The second-order valence-corrected chi connectivity index (χ2v) is 11.8. The van der Waals surface area contributed by atoms with Crippen LogP contribution in [0.5, 0.6) is 0 Å². The Morgan fingerprint density at radius 1 is 1.07 bits per heavy atom. The van der Waals surface area contributed by atoms with E-state index < -0.39 is 0 Å². The molecule has 0 spiro atoms. The molecule has 0 saturated heterocycles. The number of carbonyl (C=O) groups excluding carboxylic acids is 1. The fourth-order valence-corrected chi connectivity index (χ4v) is 9.29. The van der Waals surface area contributed by atoms with Gasteiger partial charge in [0.05, 0.1) is 0 Å². The third-order valence-corrected chi connectivity index (χ3v) is 10.7. The minimum Gasteiger partial charge on any atom is -0.286 e. The van der Waals surface area contributed by atoms with Crippen LogP contribution in [0, 0.1) is 46.8 Å². The zero-order valence-electron chi connectivity index (χ0n) is 18.2. The maximum Gasteiger partial charge on any atom is 0.198 e. The van der Waals surface area contributed by atoms with Gasteiger partial charge >= 0.3 is 0 Å². The number of thioether (sulfide) groups is 1. The predicted molar refractivity (Wildman–Crippen MR) is 119 cm³/mol. The molecule has 158 valence electrons. The molecule has 4 saturated carbocycles. The molecule has 4 aliphatic rings. The van der Waals surface area contributed by atoms with E-state index in [1.807, 2.05) is 18.2 Å². The highest BCUT2D eigenvalue weighted by Crippen LogP contribution is 2.65. The van der Waals surface area contributed by atoms with E-state index in [1.54, 1.807) is 6.20 Å². The minimum atomic E-state index is 0.230. The maximum atomic E-state index is 13.3. The van der Waals surface area contributed by atoms with Crippen molar-refractivity contribution in [1.82, 2.24) is 4.98 Å². The summed E-state index contributed by atoms with van der Waals surface area (Å²) >= 11 is 1.40. The Bertz CT molecular complexity index is 735. The van der Waals surface area contributed by atoms with Crippen LogP contribution in [-0.2, 0) is 4.79 Å². The lowest BCUT2D eigenvalue weighted by atomic mass is 9.49. The normalized spacial score (nSPS) is 43.9. The van der Waals surface area contributed by atoms with Crippen molar-refractivity contribution in [2.75, 3.05) is 0 Å². The van der Waals surface area contributed by atoms with E-state index in [-0.39, 0.29) is 11.3 Å². The number of hydrogen-bond donors (Lipinski definition) is 0. The number of rotatable bonds is 3. The molecule has 8 unspecified atom stereocenters. The molecular formula is C26H37NOS. The van der Waals surface area contributed by atoms with Crippen LogP contribution in [-0.4, -0.2) is 10.1 Å². The lowest BCUT2D eigenvalue weighted by Gasteiger charge is -2.56. The van der Waals surface area contributed by atoms with Crippen molar-refractivity contribution < 1.29 is 4.79 Å². The van der Waals surface area contributed by atoms with Crippen LogP contribution in [0.15, 0.2) is 29.4 Å². The second-order valence-electron chi connectivity index (χ2n) is 10.8. The van der Waals surface area contributed by atoms with E-state index >= 15 is 0 Å². The quantitative estimate of drug-likeness (QED) is 0.502. The van der Waals surface area contributed by atoms with Gasteiger partial charge in [-0.1, -0.05) is 32.8 Å². The first-order valence-electron chi connectivity index (χ1n) is 12.2. The molecule has 29 heavy (non-hydrogen) atoms. The summed E-state index contributed by atoms with van der Waals surface area (Å²) in [4.78, 5) is 17.6. The van der Waals surface area contributed by atoms with Crippen molar-refractivity contribution in [2.24, 2.45) is 46.8 Å². The van der Waals surface area contributed by atoms with Crippen molar-refractivity contribution in [3.8, 4) is 0 Å². The number of carbonyl (C=O) groups is 1. The van der Waals surface area contributed by atoms with E-state index in [0.717, 1.165) is 47.0 Å². The van der Waals surface area contributed by atoms with Crippen molar-refractivity contribution in [2.45, 2.75) is 83.1 Å². The summed E-state index contributed by atoms with van der Waals surface area (Å²) < 4.78 is 0. The zero-order valence-corrected chi connectivity index (χ0v) is 19.0. The van der Waals surface area contributed by atoms with Crippen molar-refractivity contribution in [1.29, 1.82) is 0 Å². The van der Waals surface area contributed by atoms with Gasteiger partial charge in [-0.05, 0) is 116 Å². The number of fused-ring (bicyclic) bond motifs is 5. The molecule has 0 N–H and O–H groups in total. The molecule has 2 nitrogen and oxygen atoms in total. The Labute approximate surface area is 181 Å². The summed E-state index contributed by atoms with van der Waals surface area (Å²) in [5, 5.41) is 1.25. The SMILES string of the molecule is CCC1CCC2C(CCC3C2CCC2(C)C(C(=O)Sc4ccccn4)CCC32)C1. The number of pyridine rings is 1. The van der Waals surface area contributed by atoms with E-state index in [1.165, 1.54) is 69.5 Å². The highest BCUT2D eigenvalue weighted by molar-refractivity contribution is 8.13. The van der Waals surface area contributed by atoms with Crippen LogP contribution < -0.4 is 0 Å². The van der Waals surface area contributed by atoms with Crippen molar-refractivity contribution in [3.05, 3.63) is 24.4 Å². The first-order valence-corrected chi connectivity index (χ1v) is 13.0. The highest BCUT2D eigenvalue weighted by Gasteiger charge is 2.58. The molecule has 0 radical (unpaired) electrons. The molecule has 0 aliphatic heterocycles. The van der Waals surface area contributed by atoms with Gasteiger partial charge in [0.1, 0.15) is 5.03 Å². The van der Waals surface area contributed by atoms with Crippen LogP contribution in [0.4, 0.5) is 0 Å². The Morgan fingerprint density at radius 3 is 2.72 bits per heavy atom. The maximum absolute atomic E-state index is 13.3. The topological polar surface area (TPSA) is 30.0 Å². The summed E-state index contributed by atoms with van der Waals surface area (Å²) in [6.45, 7) is 4.86. The van der Waals surface area contributed by atoms with Crippen LogP contribution in [0.2, 0.25) is 0 Å². The summed E-state index contributed by atoms with van der Waals surface area (Å²) in [7, 11) is 0. The molecule has 3 heteroatoms. The van der Waals surface area contributed by atoms with Gasteiger partial charge in [0, 0.05) is 12.1 Å². The van der Waals surface area contributed by atoms with Gasteiger partial charge in [0.25, 0.3) is 0 Å². The monoisotopic (exact) mass is 411 g/mol. The van der Waals surface area contributed by atoms with Gasteiger partial charge in [-0.15, -0.1) is 0 Å². The molecule has 4 aliphatic carbocycles.